The Morgan fingerprint density at radius 2 is 2.07 bits per heavy atom. The fourth-order valence-corrected chi connectivity index (χ4v) is 2.78. The van der Waals surface area contributed by atoms with Gasteiger partial charge in [0.2, 0.25) is 0 Å². The van der Waals surface area contributed by atoms with Gasteiger partial charge in [-0.3, -0.25) is 0 Å². The first-order valence-electron chi connectivity index (χ1n) is 5.53. The highest BCUT2D eigenvalue weighted by Crippen LogP contribution is 2.43. The largest absolute Gasteiger partial charge is 0.392 e. The molecule has 0 spiro atoms. The van der Waals surface area contributed by atoms with E-state index in [-0.39, 0.29) is 11.5 Å². The van der Waals surface area contributed by atoms with Gasteiger partial charge in [0.05, 0.1) is 6.10 Å². The minimum absolute atomic E-state index is 0.0429. The lowest BCUT2D eigenvalue weighted by molar-refractivity contribution is 0.103. The summed E-state index contributed by atoms with van der Waals surface area (Å²) in [5.74, 6) is 0. The van der Waals surface area contributed by atoms with E-state index in [0.29, 0.717) is 0 Å². The van der Waals surface area contributed by atoms with Crippen LogP contribution in [0.1, 0.15) is 38.2 Å². The molecule has 1 fully saturated rings. The molecule has 0 radical (unpaired) electrons. The topological polar surface area (TPSA) is 20.2 Å². The van der Waals surface area contributed by atoms with Gasteiger partial charge in [-0.05, 0) is 31.2 Å². The third-order valence-electron chi connectivity index (χ3n) is 3.72. The monoisotopic (exact) mass is 190 g/mol. The lowest BCUT2D eigenvalue weighted by atomic mass is 9.75. The molecule has 2 atom stereocenters. The molecule has 0 saturated heterocycles. The van der Waals surface area contributed by atoms with Crippen molar-refractivity contribution in [3.8, 4) is 0 Å². The van der Waals surface area contributed by atoms with Crippen LogP contribution in [0, 0.1) is 0 Å². The number of benzene rings is 1. The Bertz CT molecular complexity index is 293. The van der Waals surface area contributed by atoms with Gasteiger partial charge in [0.25, 0.3) is 0 Å². The molecule has 1 nitrogen and oxygen atoms in total. The van der Waals surface area contributed by atoms with E-state index >= 15 is 0 Å². The van der Waals surface area contributed by atoms with Gasteiger partial charge in [0, 0.05) is 5.41 Å². The van der Waals surface area contributed by atoms with Crippen LogP contribution < -0.4 is 0 Å². The number of aliphatic hydroxyl groups is 1. The van der Waals surface area contributed by atoms with Crippen molar-refractivity contribution in [2.45, 2.75) is 44.1 Å². The maximum atomic E-state index is 10.1. The molecular formula is C13H18O. The van der Waals surface area contributed by atoms with Crippen LogP contribution in [0.15, 0.2) is 30.3 Å². The highest BCUT2D eigenvalue weighted by molar-refractivity contribution is 5.28. The van der Waals surface area contributed by atoms with Crippen LogP contribution >= 0.6 is 0 Å². The van der Waals surface area contributed by atoms with Gasteiger partial charge in [0.15, 0.2) is 0 Å². The van der Waals surface area contributed by atoms with E-state index in [9.17, 15) is 5.11 Å². The second kappa shape index (κ2) is 3.74. The Kier molecular flexibility index (Phi) is 2.60. The Hall–Kier alpha value is -0.820. The molecule has 1 aromatic carbocycles. The predicted octanol–water partition coefficient (Wildman–Crippen LogP) is 2.88. The zero-order chi connectivity index (χ0) is 10.0. The van der Waals surface area contributed by atoms with Gasteiger partial charge in [-0.15, -0.1) is 0 Å². The number of rotatable bonds is 2. The average molecular weight is 190 g/mol. The summed E-state index contributed by atoms with van der Waals surface area (Å²) in [5, 5.41) is 10.1. The van der Waals surface area contributed by atoms with E-state index in [1.165, 1.54) is 5.56 Å². The molecule has 1 N–H and O–H groups in total. The van der Waals surface area contributed by atoms with Crippen LogP contribution in [-0.2, 0) is 5.41 Å². The highest BCUT2D eigenvalue weighted by Gasteiger charge is 2.41. The van der Waals surface area contributed by atoms with Gasteiger partial charge in [-0.1, -0.05) is 37.3 Å². The molecule has 0 heterocycles. The molecule has 2 unspecified atom stereocenters. The van der Waals surface area contributed by atoms with E-state index < -0.39 is 0 Å². The molecule has 1 aliphatic carbocycles. The summed E-state index contributed by atoms with van der Waals surface area (Å²) in [7, 11) is 0. The number of aliphatic hydroxyl groups excluding tert-OH is 1. The Labute approximate surface area is 85.8 Å². The summed E-state index contributed by atoms with van der Waals surface area (Å²) in [6.07, 6.45) is 4.15. The molecule has 1 aromatic rings. The lowest BCUT2D eigenvalue weighted by Gasteiger charge is -2.32. The highest BCUT2D eigenvalue weighted by atomic mass is 16.3. The van der Waals surface area contributed by atoms with Gasteiger partial charge < -0.3 is 5.11 Å². The van der Waals surface area contributed by atoms with Crippen molar-refractivity contribution >= 4 is 0 Å². The van der Waals surface area contributed by atoms with Crippen molar-refractivity contribution in [1.82, 2.24) is 0 Å². The summed E-state index contributed by atoms with van der Waals surface area (Å²) in [6, 6.07) is 10.5. The molecule has 0 bridgehead atoms. The van der Waals surface area contributed by atoms with E-state index in [2.05, 4.69) is 31.2 Å². The van der Waals surface area contributed by atoms with Crippen LogP contribution in [0.3, 0.4) is 0 Å². The third kappa shape index (κ3) is 1.36. The zero-order valence-corrected chi connectivity index (χ0v) is 8.74. The van der Waals surface area contributed by atoms with Crippen molar-refractivity contribution in [2.24, 2.45) is 0 Å². The maximum absolute atomic E-state index is 10.1. The first kappa shape index (κ1) is 9.72. The minimum atomic E-state index is -0.144. The molecule has 0 aliphatic heterocycles. The molecular weight excluding hydrogens is 172 g/mol. The maximum Gasteiger partial charge on any atom is 0.0636 e. The normalized spacial score (nSPS) is 32.0. The molecule has 0 aromatic heterocycles. The van der Waals surface area contributed by atoms with Crippen LogP contribution in [0.25, 0.3) is 0 Å². The molecule has 76 valence electrons. The van der Waals surface area contributed by atoms with Gasteiger partial charge >= 0.3 is 0 Å². The van der Waals surface area contributed by atoms with E-state index in [1.54, 1.807) is 0 Å². The Morgan fingerprint density at radius 1 is 1.36 bits per heavy atom. The van der Waals surface area contributed by atoms with Crippen molar-refractivity contribution in [2.75, 3.05) is 0 Å². The van der Waals surface area contributed by atoms with Crippen molar-refractivity contribution < 1.29 is 5.11 Å². The molecule has 1 saturated carbocycles. The van der Waals surface area contributed by atoms with E-state index in [4.69, 9.17) is 0 Å². The van der Waals surface area contributed by atoms with Crippen LogP contribution in [0.2, 0.25) is 0 Å². The molecule has 14 heavy (non-hydrogen) atoms. The number of hydrogen-bond acceptors (Lipinski definition) is 1. The number of hydrogen-bond donors (Lipinski definition) is 1. The lowest BCUT2D eigenvalue weighted by Crippen LogP contribution is -2.33. The first-order valence-corrected chi connectivity index (χ1v) is 5.53. The SMILES string of the molecule is CCC1(c2ccccc2)CCCC1O. The standard InChI is InChI=1S/C13H18O/c1-2-13(10-6-9-12(13)14)11-7-4-3-5-8-11/h3-5,7-8,12,14H,2,6,9-10H2,1H3. The van der Waals surface area contributed by atoms with Crippen LogP contribution in [0.4, 0.5) is 0 Å². The third-order valence-corrected chi connectivity index (χ3v) is 3.72. The summed E-state index contributed by atoms with van der Waals surface area (Å²) in [5.41, 5.74) is 1.36. The van der Waals surface area contributed by atoms with E-state index in [0.717, 1.165) is 25.7 Å². The van der Waals surface area contributed by atoms with Crippen molar-refractivity contribution in [3.63, 3.8) is 0 Å². The van der Waals surface area contributed by atoms with Crippen molar-refractivity contribution in [3.05, 3.63) is 35.9 Å². The van der Waals surface area contributed by atoms with Crippen molar-refractivity contribution in [1.29, 1.82) is 0 Å². The first-order chi connectivity index (χ1) is 6.79. The van der Waals surface area contributed by atoms with Gasteiger partial charge in [-0.25, -0.2) is 0 Å². The minimum Gasteiger partial charge on any atom is -0.392 e. The average Bonchev–Trinajstić information content (AvgIpc) is 2.62. The molecule has 1 heteroatoms. The second-order valence-corrected chi connectivity index (χ2v) is 4.28. The predicted molar refractivity (Wildman–Crippen MR) is 58.3 cm³/mol. The smallest absolute Gasteiger partial charge is 0.0636 e. The summed E-state index contributed by atoms with van der Waals surface area (Å²) in [6.45, 7) is 2.18. The van der Waals surface area contributed by atoms with Gasteiger partial charge in [0.1, 0.15) is 0 Å². The fourth-order valence-electron chi connectivity index (χ4n) is 2.78. The van der Waals surface area contributed by atoms with Crippen LogP contribution in [-0.4, -0.2) is 11.2 Å². The van der Waals surface area contributed by atoms with E-state index in [1.807, 2.05) is 6.07 Å². The van der Waals surface area contributed by atoms with Crippen LogP contribution in [0.5, 0.6) is 0 Å². The fraction of sp³-hybridized carbons (Fsp3) is 0.538. The molecule has 1 aliphatic rings. The Balaban J connectivity index is 2.38. The second-order valence-electron chi connectivity index (χ2n) is 4.28. The summed E-state index contributed by atoms with van der Waals surface area (Å²) >= 11 is 0. The van der Waals surface area contributed by atoms with Gasteiger partial charge in [-0.2, -0.15) is 0 Å². The zero-order valence-electron chi connectivity index (χ0n) is 8.74. The summed E-state index contributed by atoms with van der Waals surface area (Å²) in [4.78, 5) is 0. The summed E-state index contributed by atoms with van der Waals surface area (Å²) < 4.78 is 0. The molecule has 2 rings (SSSR count). The molecule has 0 amide bonds. The quantitative estimate of drug-likeness (QED) is 0.760. The Morgan fingerprint density at radius 3 is 2.57 bits per heavy atom.